The number of benzene rings is 1. The van der Waals surface area contributed by atoms with Crippen LogP contribution in [0.1, 0.15) is 5.56 Å². The molecule has 1 aromatic rings. The number of urea groups is 1. The Morgan fingerprint density at radius 2 is 1.93 bits per heavy atom. The summed E-state index contributed by atoms with van der Waals surface area (Å²) in [6.07, 6.45) is 0. The van der Waals surface area contributed by atoms with E-state index in [0.717, 1.165) is 10.6 Å². The van der Waals surface area contributed by atoms with Gasteiger partial charge in [0.25, 0.3) is 0 Å². The van der Waals surface area contributed by atoms with Gasteiger partial charge >= 0.3 is 6.03 Å². The summed E-state index contributed by atoms with van der Waals surface area (Å²) in [5, 5.41) is 9.89. The first-order valence-corrected chi connectivity index (χ1v) is 5.74. The summed E-state index contributed by atoms with van der Waals surface area (Å²) in [7, 11) is 0. The summed E-state index contributed by atoms with van der Waals surface area (Å²) in [5.41, 5.74) is 1.08. The predicted molar refractivity (Wildman–Crippen MR) is 63.5 cm³/mol. The van der Waals surface area contributed by atoms with Crippen molar-refractivity contribution in [2.24, 2.45) is 0 Å². The van der Waals surface area contributed by atoms with Gasteiger partial charge in [0.05, 0.1) is 6.54 Å². The Morgan fingerprint density at radius 3 is 2.47 bits per heavy atom. The van der Waals surface area contributed by atoms with Crippen molar-refractivity contribution in [3.8, 4) is 0 Å². The summed E-state index contributed by atoms with van der Waals surface area (Å²) < 4.78 is 1.17. The van der Waals surface area contributed by atoms with E-state index < -0.39 is 0 Å². The van der Waals surface area contributed by atoms with E-state index in [9.17, 15) is 4.79 Å². The third-order valence-electron chi connectivity index (χ3n) is 2.36. The lowest BCUT2D eigenvalue weighted by Crippen LogP contribution is -2.29. The highest BCUT2D eigenvalue weighted by Crippen LogP contribution is 2.13. The van der Waals surface area contributed by atoms with Gasteiger partial charge in [0.15, 0.2) is 0 Å². The van der Waals surface area contributed by atoms with E-state index in [-0.39, 0.29) is 6.03 Å². The normalized spacial score (nSPS) is 16.3. The number of hydrogen-bond acceptors (Lipinski definition) is 2. The van der Waals surface area contributed by atoms with Crippen molar-refractivity contribution in [3.05, 3.63) is 33.4 Å². The number of hydrogen-bond donors (Lipinski definition) is 1. The third kappa shape index (κ3) is 2.40. The molecule has 1 aliphatic heterocycles. The molecule has 0 aromatic heterocycles. The molecule has 0 spiro atoms. The highest BCUT2D eigenvalue weighted by atomic mass is 127. The Bertz CT molecular complexity index is 366. The smallest absolute Gasteiger partial charge is 0.317 e. The zero-order valence-electron chi connectivity index (χ0n) is 8.06. The summed E-state index contributed by atoms with van der Waals surface area (Å²) in [4.78, 5) is 13.0. The van der Waals surface area contributed by atoms with Crippen molar-refractivity contribution in [2.45, 2.75) is 6.54 Å². The fraction of sp³-hybridized carbons (Fsp3) is 0.300. The van der Waals surface area contributed by atoms with Crippen LogP contribution >= 0.6 is 22.6 Å². The molecule has 1 fully saturated rings. The maximum Gasteiger partial charge on any atom is 0.344 e. The van der Waals surface area contributed by atoms with Gasteiger partial charge in [-0.25, -0.2) is 9.86 Å². The van der Waals surface area contributed by atoms with Gasteiger partial charge in [-0.15, -0.1) is 0 Å². The molecule has 2 amide bonds. The first-order valence-electron chi connectivity index (χ1n) is 4.66. The molecular formula is C10H11IN2O2. The molecule has 0 radical (unpaired) electrons. The molecule has 5 heteroatoms. The van der Waals surface area contributed by atoms with Gasteiger partial charge in [0, 0.05) is 16.7 Å². The van der Waals surface area contributed by atoms with Crippen LogP contribution in [-0.4, -0.2) is 34.3 Å². The van der Waals surface area contributed by atoms with Crippen LogP contribution in [0.25, 0.3) is 0 Å². The number of carbonyl (C=O) groups excluding carboxylic acids is 1. The minimum atomic E-state index is -0.312. The fourth-order valence-corrected chi connectivity index (χ4v) is 1.89. The summed E-state index contributed by atoms with van der Waals surface area (Å²) in [6, 6.07) is 7.69. The lowest BCUT2D eigenvalue weighted by Gasteiger charge is -2.14. The van der Waals surface area contributed by atoms with Crippen molar-refractivity contribution in [1.82, 2.24) is 9.96 Å². The third-order valence-corrected chi connectivity index (χ3v) is 3.08. The maximum absolute atomic E-state index is 11.4. The standard InChI is InChI=1S/C10H11IN2O2/c11-9-3-1-8(2-4-9)7-12-5-6-13(15)10(12)14/h1-4,15H,5-7H2. The summed E-state index contributed by atoms with van der Waals surface area (Å²) >= 11 is 2.24. The number of rotatable bonds is 2. The molecule has 80 valence electrons. The number of amides is 2. The second kappa shape index (κ2) is 4.36. The van der Waals surface area contributed by atoms with Crippen LogP contribution in [0.3, 0.4) is 0 Å². The minimum absolute atomic E-state index is 0.312. The van der Waals surface area contributed by atoms with Crippen molar-refractivity contribution in [2.75, 3.05) is 13.1 Å². The molecule has 1 heterocycles. The zero-order chi connectivity index (χ0) is 10.8. The first kappa shape index (κ1) is 10.7. The van der Waals surface area contributed by atoms with Crippen molar-refractivity contribution in [3.63, 3.8) is 0 Å². The van der Waals surface area contributed by atoms with Crippen LogP contribution in [0.2, 0.25) is 0 Å². The molecule has 1 N–H and O–H groups in total. The second-order valence-electron chi connectivity index (χ2n) is 3.45. The van der Waals surface area contributed by atoms with E-state index in [1.54, 1.807) is 4.90 Å². The Balaban J connectivity index is 2.03. The lowest BCUT2D eigenvalue weighted by atomic mass is 10.2. The van der Waals surface area contributed by atoms with E-state index in [4.69, 9.17) is 5.21 Å². The quantitative estimate of drug-likeness (QED) is 0.669. The molecule has 1 aliphatic rings. The Hall–Kier alpha value is -0.820. The van der Waals surface area contributed by atoms with E-state index in [1.807, 2.05) is 24.3 Å². The Morgan fingerprint density at radius 1 is 1.27 bits per heavy atom. The second-order valence-corrected chi connectivity index (χ2v) is 4.70. The number of halogens is 1. The Kier molecular flexibility index (Phi) is 3.11. The topological polar surface area (TPSA) is 43.8 Å². The largest absolute Gasteiger partial charge is 0.344 e. The Labute approximate surface area is 102 Å². The number of nitrogens with zero attached hydrogens (tertiary/aromatic N) is 2. The molecule has 2 rings (SSSR count). The van der Waals surface area contributed by atoms with Gasteiger partial charge in [-0.2, -0.15) is 0 Å². The van der Waals surface area contributed by atoms with Gasteiger partial charge in [0.1, 0.15) is 0 Å². The average molecular weight is 318 g/mol. The number of hydroxylamine groups is 2. The highest BCUT2D eigenvalue weighted by Gasteiger charge is 2.26. The molecule has 0 aliphatic carbocycles. The average Bonchev–Trinajstić information content (AvgIpc) is 2.53. The monoisotopic (exact) mass is 318 g/mol. The summed E-state index contributed by atoms with van der Waals surface area (Å²) in [5.74, 6) is 0. The molecule has 0 unspecified atom stereocenters. The van der Waals surface area contributed by atoms with Gasteiger partial charge in [-0.3, -0.25) is 5.21 Å². The maximum atomic E-state index is 11.4. The van der Waals surface area contributed by atoms with E-state index in [1.165, 1.54) is 3.57 Å². The highest BCUT2D eigenvalue weighted by molar-refractivity contribution is 14.1. The molecular weight excluding hydrogens is 307 g/mol. The molecule has 0 atom stereocenters. The lowest BCUT2D eigenvalue weighted by molar-refractivity contribution is -0.0268. The van der Waals surface area contributed by atoms with Crippen LogP contribution in [0, 0.1) is 3.57 Å². The number of carbonyl (C=O) groups is 1. The van der Waals surface area contributed by atoms with Crippen LogP contribution in [0.15, 0.2) is 24.3 Å². The van der Waals surface area contributed by atoms with E-state index in [0.29, 0.717) is 19.6 Å². The fourth-order valence-electron chi connectivity index (χ4n) is 1.53. The van der Waals surface area contributed by atoms with Crippen LogP contribution in [0.5, 0.6) is 0 Å². The minimum Gasteiger partial charge on any atom is -0.317 e. The molecule has 0 bridgehead atoms. The molecule has 0 saturated carbocycles. The van der Waals surface area contributed by atoms with Crippen LogP contribution in [0.4, 0.5) is 4.79 Å². The van der Waals surface area contributed by atoms with Gasteiger partial charge in [-0.05, 0) is 40.3 Å². The van der Waals surface area contributed by atoms with Gasteiger partial charge < -0.3 is 4.90 Å². The van der Waals surface area contributed by atoms with Gasteiger partial charge in [0.2, 0.25) is 0 Å². The predicted octanol–water partition coefficient (Wildman–Crippen LogP) is 1.92. The van der Waals surface area contributed by atoms with Crippen molar-refractivity contribution in [1.29, 1.82) is 0 Å². The zero-order valence-corrected chi connectivity index (χ0v) is 10.2. The molecule has 1 saturated heterocycles. The van der Waals surface area contributed by atoms with Crippen molar-refractivity contribution < 1.29 is 10.0 Å². The van der Waals surface area contributed by atoms with E-state index >= 15 is 0 Å². The first-order chi connectivity index (χ1) is 7.16. The van der Waals surface area contributed by atoms with Crippen LogP contribution < -0.4 is 0 Å². The van der Waals surface area contributed by atoms with Crippen molar-refractivity contribution >= 4 is 28.6 Å². The molecule has 15 heavy (non-hydrogen) atoms. The van der Waals surface area contributed by atoms with Gasteiger partial charge in [-0.1, -0.05) is 12.1 Å². The van der Waals surface area contributed by atoms with Crippen LogP contribution in [-0.2, 0) is 6.54 Å². The molecule has 4 nitrogen and oxygen atoms in total. The SMILES string of the molecule is O=C1N(O)CCN1Cc1ccc(I)cc1. The van der Waals surface area contributed by atoms with E-state index in [2.05, 4.69) is 22.6 Å². The molecule has 1 aromatic carbocycles. The summed E-state index contributed by atoms with van der Waals surface area (Å²) in [6.45, 7) is 1.54.